The standard InChI is InChI=1S/C21H24FN5O3S.C21H20N4O.C20H21FN4O3S.C20H18N4O2.C17H20N4O/c1-31(28,29)26-9-6-14(7-10-26)17-12-23-20(27-13-24-25-21(17)27)5-2-15-16-8-11-30-19(16)4-3-18(15)22;1-2-5-15(6-3-1)18-13-22-20(25-14-23-24-21(18)25)10-9-16-7-4-8-19-17(16)11-12-26-19;21-17-2-3-18-15(5-8-28-18)14(17)1-4-19-22-11-16(20-24-23-12-25(19)20)13-6-9-29(26,27)10-7-13;1-2-14(16-8-11-26-18(16)3-1)4-5-19-21-12-17(15-6-9-25-10-7-15)20-23-22-13-24(19)20;1-2-5-13(6-3-1)15-11-18-16(21-12-19-20-17(15)21)9-8-14-7-4-10-22-14/h3-4,12-14H,2,5-11H2,1H3;4-5,7-8,11-14H,1-3,6,9-10H2;2-3,11-13H,1,4-10H2;1-3,6,8,11-13H,4-5,7,9-10H2;4,7,10-13H,1-3,5-6,8-9H2. The second-order valence-electron chi connectivity index (χ2n) is 35.2. The van der Waals surface area contributed by atoms with Gasteiger partial charge in [0.05, 0.1) is 63.0 Å². The number of furan rings is 3. The van der Waals surface area contributed by atoms with E-state index in [4.69, 9.17) is 42.4 Å². The van der Waals surface area contributed by atoms with E-state index in [0.29, 0.717) is 94.1 Å². The van der Waals surface area contributed by atoms with Gasteiger partial charge in [-0.2, -0.15) is 0 Å². The van der Waals surface area contributed by atoms with Crippen LogP contribution in [-0.4, -0.2) is 176 Å². The highest BCUT2D eigenvalue weighted by Gasteiger charge is 2.32. The fourth-order valence-electron chi connectivity index (χ4n) is 20.0. The number of nitrogens with zero attached hydrogens (tertiary/aromatic N) is 21. The molecule has 0 radical (unpaired) electrons. The summed E-state index contributed by atoms with van der Waals surface area (Å²) in [5.74, 6) is 7.85. The van der Waals surface area contributed by atoms with Gasteiger partial charge < -0.3 is 27.5 Å². The van der Waals surface area contributed by atoms with Crippen LogP contribution in [0.5, 0.6) is 11.5 Å². The van der Waals surface area contributed by atoms with Gasteiger partial charge in [-0.05, 0) is 208 Å². The Bertz CT molecular complexity index is 7200. The molecule has 2 aliphatic carbocycles. The number of aromatic nitrogens is 20. The predicted molar refractivity (Wildman–Crippen MR) is 498 cm³/mol. The number of ether oxygens (including phenoxy) is 3. The Morgan fingerprint density at radius 1 is 0.418 bits per heavy atom. The van der Waals surface area contributed by atoms with Gasteiger partial charge in [0, 0.05) is 145 Å². The Morgan fingerprint density at radius 3 is 1.34 bits per heavy atom. The van der Waals surface area contributed by atoms with Crippen molar-refractivity contribution in [2.75, 3.05) is 57.3 Å². The van der Waals surface area contributed by atoms with E-state index < -0.39 is 19.9 Å². The van der Waals surface area contributed by atoms with E-state index in [1.165, 1.54) is 101 Å². The smallest absolute Gasteiger partial charge is 0.211 e. The van der Waals surface area contributed by atoms with E-state index in [0.717, 1.165) is 209 Å². The van der Waals surface area contributed by atoms with Crippen molar-refractivity contribution in [3.8, 4) is 11.5 Å². The molecular formula is C99H103F2N21O10S2. The van der Waals surface area contributed by atoms with Gasteiger partial charge in [0.2, 0.25) is 10.0 Å². The number of benzene rings is 4. The van der Waals surface area contributed by atoms with Crippen LogP contribution < -0.4 is 9.47 Å². The molecule has 4 aromatic carbocycles. The van der Waals surface area contributed by atoms with Crippen LogP contribution in [0.4, 0.5) is 8.78 Å². The van der Waals surface area contributed by atoms with Gasteiger partial charge in [-0.3, -0.25) is 22.0 Å². The quantitative estimate of drug-likeness (QED) is 0.0645. The van der Waals surface area contributed by atoms with Gasteiger partial charge in [-0.25, -0.2) is 54.8 Å². The van der Waals surface area contributed by atoms with Crippen LogP contribution in [0, 0.1) is 11.6 Å². The zero-order valence-electron chi connectivity index (χ0n) is 74.6. The average Bonchev–Trinajstić information content (AvgIpc) is 1.53. The molecule has 24 rings (SSSR count). The molecule has 35 heteroatoms. The molecule has 0 amide bonds. The van der Waals surface area contributed by atoms with Gasteiger partial charge in [0.15, 0.2) is 28.2 Å². The predicted octanol–water partition coefficient (Wildman–Crippen LogP) is 16.0. The summed E-state index contributed by atoms with van der Waals surface area (Å²) in [6.07, 6.45) is 52.4. The number of sulfonamides is 1. The first kappa shape index (κ1) is 88.7. The number of fused-ring (bicyclic) bond motifs is 9. The summed E-state index contributed by atoms with van der Waals surface area (Å²) in [6, 6.07) is 26.7. The Balaban J connectivity index is 0.000000104. The SMILES string of the molecule is C1=C(c2cnc(CCc3cccc4occc34)n3cnnc23)CCCC1.C1=C(c2cnc(CCc3cccc4occc34)n3cnnc23)CCOC1.CS(=O)(=O)N1CCC(c2cnc(CCc3c(F)ccc4c3CCO4)n3cnnc23)CC1.O=S1(=O)CCC(c2cnc(CCc3c(F)ccc4c3CCO4)n3cnnc23)CC1.c1coc(CCc2ncc(C3CCCCC3)c3nncn23)c1. The third-order valence-corrected chi connectivity index (χ3v) is 30.2. The fourth-order valence-corrected chi connectivity index (χ4v) is 22.3. The van der Waals surface area contributed by atoms with Crippen molar-refractivity contribution in [1.29, 1.82) is 0 Å². The third kappa shape index (κ3) is 19.3. The van der Waals surface area contributed by atoms with E-state index in [9.17, 15) is 25.6 Å². The molecule has 0 N–H and O–H groups in total. The molecule has 3 fully saturated rings. The molecule has 1 saturated carbocycles. The molecule has 31 nitrogen and oxygen atoms in total. The lowest BCUT2D eigenvalue weighted by Gasteiger charge is -2.30. The van der Waals surface area contributed by atoms with Crippen LogP contribution in [-0.2, 0) is 102 Å². The lowest BCUT2D eigenvalue weighted by molar-refractivity contribution is 0.161. The largest absolute Gasteiger partial charge is 0.493 e. The molecular weight excluding hydrogens is 1750 g/mol. The van der Waals surface area contributed by atoms with Crippen molar-refractivity contribution >= 4 is 81.2 Å². The van der Waals surface area contributed by atoms with Gasteiger partial charge in [0.1, 0.15) is 111 Å². The Morgan fingerprint density at radius 2 is 0.873 bits per heavy atom. The van der Waals surface area contributed by atoms with E-state index in [1.807, 2.05) is 95.3 Å². The summed E-state index contributed by atoms with van der Waals surface area (Å²) in [6.45, 7) is 3.55. The molecule has 690 valence electrons. The lowest BCUT2D eigenvalue weighted by Crippen LogP contribution is -2.37. The number of halogens is 2. The first-order chi connectivity index (χ1) is 65.6. The van der Waals surface area contributed by atoms with E-state index >= 15 is 0 Å². The van der Waals surface area contributed by atoms with Gasteiger partial charge in [-0.1, -0.05) is 55.7 Å². The molecule has 7 aliphatic rings. The second kappa shape index (κ2) is 39.9. The first-order valence-corrected chi connectivity index (χ1v) is 50.1. The minimum absolute atomic E-state index is 0.110. The molecule has 18 heterocycles. The van der Waals surface area contributed by atoms with Gasteiger partial charge in [-0.15, -0.1) is 51.0 Å². The summed E-state index contributed by atoms with van der Waals surface area (Å²) >= 11 is 0. The lowest BCUT2D eigenvalue weighted by atomic mass is 9.85. The maximum atomic E-state index is 14.5. The van der Waals surface area contributed by atoms with Crippen LogP contribution in [0.15, 0.2) is 192 Å². The van der Waals surface area contributed by atoms with Crippen LogP contribution in [0.2, 0.25) is 0 Å². The summed E-state index contributed by atoms with van der Waals surface area (Å²) < 4.78 is 120. The number of aryl methyl sites for hydroxylation is 8. The molecule has 17 aromatic rings. The third-order valence-electron chi connectivity index (χ3n) is 27.1. The Kier molecular flexibility index (Phi) is 26.4. The van der Waals surface area contributed by atoms with Crippen molar-refractivity contribution in [1.82, 2.24) is 102 Å². The Labute approximate surface area is 771 Å². The van der Waals surface area contributed by atoms with E-state index in [-0.39, 0.29) is 35.0 Å². The topological polar surface area (TPSA) is 354 Å². The number of hydrogen-bond acceptors (Lipinski definition) is 25. The normalized spacial score (nSPS) is 16.6. The molecule has 134 heavy (non-hydrogen) atoms. The summed E-state index contributed by atoms with van der Waals surface area (Å²) in [5, 5.41) is 44.4. The van der Waals surface area contributed by atoms with Crippen LogP contribution in [0.1, 0.15) is 204 Å². The highest BCUT2D eigenvalue weighted by Crippen LogP contribution is 2.40. The summed E-state index contributed by atoms with van der Waals surface area (Å²) in [5.41, 5.74) is 19.8. The van der Waals surface area contributed by atoms with Gasteiger partial charge >= 0.3 is 0 Å². The second-order valence-corrected chi connectivity index (χ2v) is 39.5. The van der Waals surface area contributed by atoms with Crippen molar-refractivity contribution in [2.24, 2.45) is 0 Å². The fraction of sp³-hybridized carbons (Fsp3) is 0.384. The minimum Gasteiger partial charge on any atom is -0.493 e. The summed E-state index contributed by atoms with van der Waals surface area (Å²) in [4.78, 5) is 23.4. The maximum absolute atomic E-state index is 14.5. The number of hydrogen-bond donors (Lipinski definition) is 0. The molecule has 2 saturated heterocycles. The monoisotopic (exact) mass is 1850 g/mol. The minimum atomic E-state index is -3.17. The summed E-state index contributed by atoms with van der Waals surface area (Å²) in [7, 11) is -6.10. The van der Waals surface area contributed by atoms with E-state index in [2.05, 4.69) is 85.2 Å². The molecule has 5 aliphatic heterocycles. The zero-order valence-corrected chi connectivity index (χ0v) is 76.2. The zero-order chi connectivity index (χ0) is 91.1. The molecule has 0 unspecified atom stereocenters. The van der Waals surface area contributed by atoms with Crippen molar-refractivity contribution in [2.45, 2.75) is 185 Å². The maximum Gasteiger partial charge on any atom is 0.211 e. The number of piperidine rings is 1. The average molecular weight is 1850 g/mol. The van der Waals surface area contributed by atoms with Crippen molar-refractivity contribution < 1.29 is 53.1 Å². The molecule has 0 atom stereocenters. The van der Waals surface area contributed by atoms with Crippen molar-refractivity contribution in [3.63, 3.8) is 0 Å². The number of allylic oxidation sites excluding steroid dienone is 2. The molecule has 0 bridgehead atoms. The van der Waals surface area contributed by atoms with Crippen LogP contribution in [0.25, 0.3) is 61.3 Å². The Hall–Kier alpha value is -13.3. The number of sulfone groups is 1. The van der Waals surface area contributed by atoms with E-state index in [1.54, 1.807) is 68.8 Å². The van der Waals surface area contributed by atoms with Crippen LogP contribution >= 0.6 is 0 Å². The first-order valence-electron chi connectivity index (χ1n) is 46.4. The highest BCUT2D eigenvalue weighted by atomic mass is 32.2. The van der Waals surface area contributed by atoms with Gasteiger partial charge in [0.25, 0.3) is 0 Å². The molecule has 0 spiro atoms. The molecule has 13 aromatic heterocycles. The van der Waals surface area contributed by atoms with Crippen molar-refractivity contribution in [3.05, 3.63) is 286 Å². The highest BCUT2D eigenvalue weighted by molar-refractivity contribution is 7.91. The number of rotatable bonds is 21. The van der Waals surface area contributed by atoms with Crippen LogP contribution in [0.3, 0.4) is 0 Å².